The van der Waals surface area contributed by atoms with Crippen LogP contribution in [0.2, 0.25) is 0 Å². The van der Waals surface area contributed by atoms with Crippen molar-refractivity contribution in [2.75, 3.05) is 5.75 Å². The van der Waals surface area contributed by atoms with Crippen molar-refractivity contribution in [3.05, 3.63) is 71.8 Å². The highest BCUT2D eigenvalue weighted by Gasteiger charge is 2.52. The Hall–Kier alpha value is -2.45. The fraction of sp³-hybridized carbons (Fsp3) is 0.263. The molecule has 2 aromatic carbocycles. The number of benzene rings is 2. The molecule has 0 aromatic heterocycles. The molecular weight excluding hydrogens is 318 g/mol. The Kier molecular flexibility index (Phi) is 3.91. The van der Waals surface area contributed by atoms with Crippen molar-refractivity contribution in [2.45, 2.75) is 24.0 Å². The summed E-state index contributed by atoms with van der Waals surface area (Å²) in [6.45, 7) is 0.483. The Balaban J connectivity index is 1.63. The normalized spacial score (nSPS) is 25.6. The standard InChI is InChI=1S/C19H17N3OS/c20-11-16-17-13-24-18(15-9-5-2-6-10-15)22(17)19(23)21(16)12-14-7-3-1-4-8-14/h1-10,16-18H,12-13H2/t16-,17-,18-/m0/s1. The third-order valence-electron chi connectivity index (χ3n) is 4.61. The fourth-order valence-electron chi connectivity index (χ4n) is 3.46. The first-order chi connectivity index (χ1) is 11.8. The van der Waals surface area contributed by atoms with Gasteiger partial charge in [0.15, 0.2) is 0 Å². The minimum Gasteiger partial charge on any atom is -0.302 e. The second kappa shape index (κ2) is 6.21. The van der Waals surface area contributed by atoms with Crippen molar-refractivity contribution < 1.29 is 4.79 Å². The minimum absolute atomic E-state index is 0.000299. The summed E-state index contributed by atoms with van der Waals surface area (Å²) in [7, 11) is 0. The molecule has 0 radical (unpaired) electrons. The number of nitrogens with zero attached hydrogens (tertiary/aromatic N) is 3. The zero-order valence-electron chi connectivity index (χ0n) is 13.1. The van der Waals surface area contributed by atoms with Gasteiger partial charge in [0.2, 0.25) is 0 Å². The summed E-state index contributed by atoms with van der Waals surface area (Å²) >= 11 is 1.75. The average molecular weight is 335 g/mol. The van der Waals surface area contributed by atoms with Gasteiger partial charge in [-0.2, -0.15) is 5.26 Å². The predicted molar refractivity (Wildman–Crippen MR) is 94.1 cm³/mol. The van der Waals surface area contributed by atoms with Gasteiger partial charge in [-0.15, -0.1) is 11.8 Å². The maximum Gasteiger partial charge on any atom is 0.323 e. The molecule has 0 bridgehead atoms. The molecule has 2 aliphatic heterocycles. The molecule has 4 nitrogen and oxygen atoms in total. The highest BCUT2D eigenvalue weighted by molar-refractivity contribution is 7.99. The van der Waals surface area contributed by atoms with Crippen LogP contribution < -0.4 is 0 Å². The first-order valence-corrected chi connectivity index (χ1v) is 9.03. The lowest BCUT2D eigenvalue weighted by Crippen LogP contribution is -2.35. The summed E-state index contributed by atoms with van der Waals surface area (Å²) in [4.78, 5) is 16.6. The molecule has 0 aliphatic carbocycles. The van der Waals surface area contributed by atoms with Crippen molar-refractivity contribution in [2.24, 2.45) is 0 Å². The van der Waals surface area contributed by atoms with Crippen LogP contribution in [-0.2, 0) is 6.54 Å². The molecule has 2 aromatic rings. The monoisotopic (exact) mass is 335 g/mol. The molecule has 2 heterocycles. The lowest BCUT2D eigenvalue weighted by molar-refractivity contribution is 0.184. The third kappa shape index (κ3) is 2.44. The van der Waals surface area contributed by atoms with Crippen LogP contribution in [0.5, 0.6) is 0 Å². The van der Waals surface area contributed by atoms with Crippen LogP contribution in [0.1, 0.15) is 16.5 Å². The first-order valence-electron chi connectivity index (χ1n) is 7.98. The van der Waals surface area contributed by atoms with E-state index in [0.717, 1.165) is 16.9 Å². The van der Waals surface area contributed by atoms with Gasteiger partial charge in [-0.3, -0.25) is 0 Å². The quantitative estimate of drug-likeness (QED) is 0.860. The van der Waals surface area contributed by atoms with E-state index in [0.29, 0.717) is 6.54 Å². The van der Waals surface area contributed by atoms with Crippen LogP contribution in [0.4, 0.5) is 4.79 Å². The topological polar surface area (TPSA) is 47.3 Å². The van der Waals surface area contributed by atoms with E-state index in [1.54, 1.807) is 16.7 Å². The molecule has 0 spiro atoms. The number of carbonyl (C=O) groups excluding carboxylic acids is 1. The lowest BCUT2D eigenvalue weighted by Gasteiger charge is -2.24. The molecule has 5 heteroatoms. The number of carbonyl (C=O) groups is 1. The van der Waals surface area contributed by atoms with E-state index >= 15 is 0 Å². The highest BCUT2D eigenvalue weighted by atomic mass is 32.2. The van der Waals surface area contributed by atoms with Crippen LogP contribution in [0.25, 0.3) is 0 Å². The van der Waals surface area contributed by atoms with Gasteiger partial charge in [0.25, 0.3) is 0 Å². The van der Waals surface area contributed by atoms with E-state index < -0.39 is 0 Å². The summed E-state index contributed by atoms with van der Waals surface area (Å²) in [5.74, 6) is 0.800. The number of hydrogen-bond donors (Lipinski definition) is 0. The summed E-state index contributed by atoms with van der Waals surface area (Å²) in [5, 5.41) is 9.66. The van der Waals surface area contributed by atoms with Crippen molar-refractivity contribution >= 4 is 17.8 Å². The number of amides is 2. The van der Waals surface area contributed by atoms with Crippen molar-refractivity contribution in [1.82, 2.24) is 9.80 Å². The summed E-state index contributed by atoms with van der Waals surface area (Å²) in [6, 6.07) is 21.8. The van der Waals surface area contributed by atoms with E-state index in [9.17, 15) is 10.1 Å². The van der Waals surface area contributed by atoms with Crippen LogP contribution in [0.15, 0.2) is 60.7 Å². The fourth-order valence-corrected chi connectivity index (χ4v) is 4.94. The summed E-state index contributed by atoms with van der Waals surface area (Å²) in [5.41, 5.74) is 2.17. The van der Waals surface area contributed by atoms with Crippen molar-refractivity contribution in [1.29, 1.82) is 5.26 Å². The second-order valence-electron chi connectivity index (χ2n) is 6.04. The number of urea groups is 1. The lowest BCUT2D eigenvalue weighted by atomic mass is 10.1. The van der Waals surface area contributed by atoms with Crippen LogP contribution in [0.3, 0.4) is 0 Å². The Morgan fingerprint density at radius 3 is 2.42 bits per heavy atom. The van der Waals surface area contributed by atoms with E-state index in [4.69, 9.17) is 0 Å². The highest BCUT2D eigenvalue weighted by Crippen LogP contribution is 2.46. The van der Waals surface area contributed by atoms with Crippen LogP contribution in [-0.4, -0.2) is 33.7 Å². The maximum atomic E-state index is 13.0. The van der Waals surface area contributed by atoms with Gasteiger partial charge in [-0.05, 0) is 11.1 Å². The molecule has 0 saturated carbocycles. The first kappa shape index (κ1) is 15.1. The molecule has 0 unspecified atom stereocenters. The van der Waals surface area contributed by atoms with Crippen molar-refractivity contribution in [3.8, 4) is 6.07 Å². The Morgan fingerprint density at radius 2 is 1.75 bits per heavy atom. The van der Waals surface area contributed by atoms with Gasteiger partial charge in [0.1, 0.15) is 11.4 Å². The van der Waals surface area contributed by atoms with E-state index in [-0.39, 0.29) is 23.5 Å². The van der Waals surface area contributed by atoms with Gasteiger partial charge in [0.05, 0.1) is 12.1 Å². The molecule has 3 atom stereocenters. The zero-order chi connectivity index (χ0) is 16.5. The van der Waals surface area contributed by atoms with Crippen molar-refractivity contribution in [3.63, 3.8) is 0 Å². The van der Waals surface area contributed by atoms with Gasteiger partial charge in [0, 0.05) is 12.3 Å². The van der Waals surface area contributed by atoms with Crippen LogP contribution in [0, 0.1) is 11.3 Å². The van der Waals surface area contributed by atoms with Gasteiger partial charge in [-0.25, -0.2) is 4.79 Å². The Bertz CT molecular complexity index is 774. The molecule has 0 N–H and O–H groups in total. The van der Waals surface area contributed by atoms with Crippen LogP contribution >= 0.6 is 11.8 Å². The zero-order valence-corrected chi connectivity index (χ0v) is 13.9. The molecule has 24 heavy (non-hydrogen) atoms. The number of fused-ring (bicyclic) bond motifs is 1. The number of hydrogen-bond acceptors (Lipinski definition) is 3. The largest absolute Gasteiger partial charge is 0.323 e. The smallest absolute Gasteiger partial charge is 0.302 e. The van der Waals surface area contributed by atoms with E-state index in [2.05, 4.69) is 18.2 Å². The molecule has 2 aliphatic rings. The van der Waals surface area contributed by atoms with Gasteiger partial charge < -0.3 is 9.80 Å². The van der Waals surface area contributed by atoms with E-state index in [1.165, 1.54) is 0 Å². The van der Waals surface area contributed by atoms with Gasteiger partial charge in [-0.1, -0.05) is 60.7 Å². The third-order valence-corrected chi connectivity index (χ3v) is 5.96. The molecule has 4 rings (SSSR count). The molecule has 120 valence electrons. The molecular formula is C19H17N3OS. The second-order valence-corrected chi connectivity index (χ2v) is 7.15. The average Bonchev–Trinajstić information content (AvgIpc) is 3.17. The molecule has 2 saturated heterocycles. The Morgan fingerprint density at radius 1 is 1.08 bits per heavy atom. The maximum absolute atomic E-state index is 13.0. The number of rotatable bonds is 3. The number of thioether (sulfide) groups is 1. The van der Waals surface area contributed by atoms with E-state index in [1.807, 2.05) is 53.4 Å². The summed E-state index contributed by atoms with van der Waals surface area (Å²) in [6.07, 6.45) is 0. The summed E-state index contributed by atoms with van der Waals surface area (Å²) < 4.78 is 0. The SMILES string of the molecule is N#C[C@H]1[C@@H]2CS[C@@H](c3ccccc3)N2C(=O)N1Cc1ccccc1. The molecule has 2 fully saturated rings. The predicted octanol–water partition coefficient (Wildman–Crippen LogP) is 3.63. The minimum atomic E-state index is -0.390. The van der Waals surface area contributed by atoms with Gasteiger partial charge >= 0.3 is 6.03 Å². The Labute approximate surface area is 145 Å². The molecule has 2 amide bonds. The number of nitriles is 1.